The molecule has 1 unspecified atom stereocenters. The minimum absolute atomic E-state index is 0.270. The molecule has 1 heterocycles. The molecule has 1 rings (SSSR count). The fourth-order valence-corrected chi connectivity index (χ4v) is 2.19. The van der Waals surface area contributed by atoms with Gasteiger partial charge in [0.1, 0.15) is 4.88 Å². The van der Waals surface area contributed by atoms with Crippen LogP contribution in [0.4, 0.5) is 0 Å². The van der Waals surface area contributed by atoms with Gasteiger partial charge in [-0.3, -0.25) is 4.90 Å². The third-order valence-electron chi connectivity index (χ3n) is 2.52. The number of aromatic carboxylic acids is 1. The molecule has 0 aliphatic rings. The molecule has 0 saturated heterocycles. The number of ether oxygens (including phenoxy) is 1. The number of likely N-dealkylation sites (N-methyl/N-ethyl adjacent to an activating group) is 1. The van der Waals surface area contributed by atoms with E-state index in [1.807, 2.05) is 18.5 Å². The average molecular weight is 243 g/mol. The maximum atomic E-state index is 10.9. The molecule has 0 amide bonds. The minimum Gasteiger partial charge on any atom is -0.477 e. The topological polar surface area (TPSA) is 49.8 Å². The maximum absolute atomic E-state index is 10.9. The predicted molar refractivity (Wildman–Crippen MR) is 64.1 cm³/mol. The molecule has 0 aliphatic heterocycles. The molecule has 0 fully saturated rings. The monoisotopic (exact) mass is 243 g/mol. The number of rotatable bonds is 6. The zero-order valence-corrected chi connectivity index (χ0v) is 10.6. The van der Waals surface area contributed by atoms with Gasteiger partial charge in [0, 0.05) is 19.7 Å². The molecule has 0 aliphatic carbocycles. The Kier molecular flexibility index (Phi) is 4.92. The number of nitrogens with zero attached hydrogens (tertiary/aromatic N) is 1. The number of carboxylic acid groups (broad SMARTS) is 1. The van der Waals surface area contributed by atoms with Gasteiger partial charge in [0.2, 0.25) is 0 Å². The highest BCUT2D eigenvalue weighted by molar-refractivity contribution is 7.12. The van der Waals surface area contributed by atoms with Crippen LogP contribution in [0, 0.1) is 0 Å². The van der Waals surface area contributed by atoms with Gasteiger partial charge in [0.05, 0.1) is 6.61 Å². The lowest BCUT2D eigenvalue weighted by Crippen LogP contribution is -2.32. The molecule has 90 valence electrons. The summed E-state index contributed by atoms with van der Waals surface area (Å²) in [6, 6.07) is 2.14. The van der Waals surface area contributed by atoms with Crippen LogP contribution in [0.25, 0.3) is 0 Å². The van der Waals surface area contributed by atoms with Crippen LogP contribution >= 0.6 is 11.3 Å². The van der Waals surface area contributed by atoms with Crippen molar-refractivity contribution in [3.8, 4) is 0 Å². The van der Waals surface area contributed by atoms with Crippen LogP contribution in [-0.2, 0) is 11.3 Å². The molecule has 0 radical (unpaired) electrons. The van der Waals surface area contributed by atoms with Gasteiger partial charge in [-0.05, 0) is 31.0 Å². The molecule has 0 bridgehead atoms. The zero-order valence-electron chi connectivity index (χ0n) is 9.77. The quantitative estimate of drug-likeness (QED) is 0.829. The Morgan fingerprint density at radius 1 is 1.69 bits per heavy atom. The van der Waals surface area contributed by atoms with Crippen LogP contribution in [-0.4, -0.2) is 42.8 Å². The highest BCUT2D eigenvalue weighted by Gasteiger charge is 2.15. The maximum Gasteiger partial charge on any atom is 0.346 e. The highest BCUT2D eigenvalue weighted by atomic mass is 32.1. The van der Waals surface area contributed by atoms with E-state index in [4.69, 9.17) is 9.84 Å². The van der Waals surface area contributed by atoms with Crippen LogP contribution < -0.4 is 0 Å². The Bertz CT molecular complexity index is 351. The van der Waals surface area contributed by atoms with E-state index in [1.165, 1.54) is 11.3 Å². The molecule has 16 heavy (non-hydrogen) atoms. The second-order valence-corrected chi connectivity index (χ2v) is 4.72. The molecular formula is C11H17NO3S. The summed E-state index contributed by atoms with van der Waals surface area (Å²) in [5, 5.41) is 10.8. The average Bonchev–Trinajstić information content (AvgIpc) is 2.66. The Labute approximate surface area is 99.5 Å². The lowest BCUT2D eigenvalue weighted by atomic mass is 10.2. The number of carboxylic acids is 1. The van der Waals surface area contributed by atoms with Gasteiger partial charge < -0.3 is 9.84 Å². The molecule has 4 nitrogen and oxygen atoms in total. The lowest BCUT2D eigenvalue weighted by Gasteiger charge is -2.23. The van der Waals surface area contributed by atoms with E-state index >= 15 is 0 Å². The summed E-state index contributed by atoms with van der Waals surface area (Å²) in [5.74, 6) is -0.849. The number of thiophene rings is 1. The molecule has 1 atom stereocenters. The zero-order chi connectivity index (χ0) is 12.1. The van der Waals surface area contributed by atoms with Crippen molar-refractivity contribution in [2.45, 2.75) is 19.5 Å². The summed E-state index contributed by atoms with van der Waals surface area (Å²) >= 11 is 1.27. The summed E-state index contributed by atoms with van der Waals surface area (Å²) in [6.07, 6.45) is 0. The van der Waals surface area contributed by atoms with Crippen LogP contribution in [0.2, 0.25) is 0 Å². The fourth-order valence-electron chi connectivity index (χ4n) is 1.44. The van der Waals surface area contributed by atoms with E-state index in [-0.39, 0.29) is 6.04 Å². The van der Waals surface area contributed by atoms with Gasteiger partial charge in [-0.2, -0.15) is 0 Å². The summed E-state index contributed by atoms with van der Waals surface area (Å²) in [6.45, 7) is 3.33. The van der Waals surface area contributed by atoms with Gasteiger partial charge in [-0.25, -0.2) is 4.79 Å². The number of hydrogen-bond donors (Lipinski definition) is 1. The molecule has 1 aromatic heterocycles. The fraction of sp³-hybridized carbons (Fsp3) is 0.545. The summed E-state index contributed by atoms with van der Waals surface area (Å²) in [4.78, 5) is 13.4. The van der Waals surface area contributed by atoms with Crippen LogP contribution in [0.5, 0.6) is 0 Å². The van der Waals surface area contributed by atoms with E-state index in [1.54, 1.807) is 7.11 Å². The van der Waals surface area contributed by atoms with Gasteiger partial charge >= 0.3 is 5.97 Å². The number of hydrogen-bond acceptors (Lipinski definition) is 4. The standard InChI is InChI=1S/C11H17NO3S/c1-8(7-15-3)12(2)6-9-4-5-16-10(9)11(13)14/h4-5,8H,6-7H2,1-3H3,(H,13,14). The van der Waals surface area contributed by atoms with Crippen molar-refractivity contribution in [3.05, 3.63) is 21.9 Å². The molecule has 0 saturated carbocycles. The molecule has 5 heteroatoms. The second-order valence-electron chi connectivity index (χ2n) is 3.80. The lowest BCUT2D eigenvalue weighted by molar-refractivity contribution is 0.0698. The van der Waals surface area contributed by atoms with Crippen LogP contribution in [0.3, 0.4) is 0 Å². The second kappa shape index (κ2) is 5.98. The first kappa shape index (κ1) is 13.2. The molecule has 1 aromatic rings. The molecule has 0 spiro atoms. The van der Waals surface area contributed by atoms with Crippen molar-refractivity contribution < 1.29 is 14.6 Å². The number of carbonyl (C=O) groups is 1. The van der Waals surface area contributed by atoms with Crippen LogP contribution in [0.15, 0.2) is 11.4 Å². The van der Waals surface area contributed by atoms with Crippen LogP contribution in [0.1, 0.15) is 22.2 Å². The summed E-state index contributed by atoms with van der Waals surface area (Å²) in [7, 11) is 3.63. The highest BCUT2D eigenvalue weighted by Crippen LogP contribution is 2.18. The largest absolute Gasteiger partial charge is 0.477 e. The van der Waals surface area contributed by atoms with Gasteiger partial charge in [-0.1, -0.05) is 0 Å². The molecule has 1 N–H and O–H groups in total. The van der Waals surface area contributed by atoms with E-state index < -0.39 is 5.97 Å². The van der Waals surface area contributed by atoms with Gasteiger partial charge in [0.25, 0.3) is 0 Å². The summed E-state index contributed by atoms with van der Waals surface area (Å²) in [5.41, 5.74) is 0.864. The van der Waals surface area contributed by atoms with Gasteiger partial charge in [-0.15, -0.1) is 11.3 Å². The Morgan fingerprint density at radius 3 is 2.94 bits per heavy atom. The molecule has 0 aromatic carbocycles. The minimum atomic E-state index is -0.849. The smallest absolute Gasteiger partial charge is 0.346 e. The number of methoxy groups -OCH3 is 1. The first-order valence-electron chi connectivity index (χ1n) is 5.05. The first-order valence-corrected chi connectivity index (χ1v) is 5.93. The Balaban J connectivity index is 2.65. The predicted octanol–water partition coefficient (Wildman–Crippen LogP) is 1.91. The van der Waals surface area contributed by atoms with Crippen molar-refractivity contribution in [1.29, 1.82) is 0 Å². The molecular weight excluding hydrogens is 226 g/mol. The van der Waals surface area contributed by atoms with Crippen molar-refractivity contribution in [3.63, 3.8) is 0 Å². The Morgan fingerprint density at radius 2 is 2.38 bits per heavy atom. The van der Waals surface area contributed by atoms with Crippen molar-refractivity contribution >= 4 is 17.3 Å². The van der Waals surface area contributed by atoms with E-state index in [0.717, 1.165) is 5.56 Å². The summed E-state index contributed by atoms with van der Waals surface area (Å²) < 4.78 is 5.07. The van der Waals surface area contributed by atoms with Crippen molar-refractivity contribution in [2.75, 3.05) is 20.8 Å². The van der Waals surface area contributed by atoms with E-state index in [0.29, 0.717) is 18.0 Å². The Hall–Kier alpha value is -0.910. The van der Waals surface area contributed by atoms with Crippen molar-refractivity contribution in [2.24, 2.45) is 0 Å². The first-order chi connectivity index (χ1) is 7.56. The van der Waals surface area contributed by atoms with Crippen molar-refractivity contribution in [1.82, 2.24) is 4.90 Å². The van der Waals surface area contributed by atoms with E-state index in [9.17, 15) is 4.79 Å². The normalized spacial score (nSPS) is 13.0. The third-order valence-corrected chi connectivity index (χ3v) is 3.47. The van der Waals surface area contributed by atoms with E-state index in [2.05, 4.69) is 11.8 Å². The third kappa shape index (κ3) is 3.30. The van der Waals surface area contributed by atoms with Gasteiger partial charge in [0.15, 0.2) is 0 Å². The SMILES string of the molecule is COCC(C)N(C)Cc1ccsc1C(=O)O.